The number of nitrogens with zero attached hydrogens (tertiary/aromatic N) is 1. The lowest BCUT2D eigenvalue weighted by Crippen LogP contribution is -2.53. The van der Waals surface area contributed by atoms with Crippen LogP contribution in [-0.4, -0.2) is 303 Å². The third-order valence-electron chi connectivity index (χ3n) is 17.7. The zero-order valence-corrected chi connectivity index (χ0v) is 82.6. The Hall–Kier alpha value is -10.4. The van der Waals surface area contributed by atoms with Gasteiger partial charge in [0.2, 0.25) is 29.5 Å². The molecule has 41 heteroatoms. The van der Waals surface area contributed by atoms with Crippen LogP contribution in [0.3, 0.4) is 0 Å². The molecule has 0 unspecified atom stereocenters. The summed E-state index contributed by atoms with van der Waals surface area (Å²) >= 11 is 0. The number of hydrogen-bond donors (Lipinski definition) is 9. The van der Waals surface area contributed by atoms with E-state index in [1.165, 1.54) is 4.90 Å². The van der Waals surface area contributed by atoms with Gasteiger partial charge >= 0.3 is 59.9 Å². The van der Waals surface area contributed by atoms with Crippen LogP contribution in [0, 0.1) is 0 Å². The standard InChI is InChI=1S/C94H154N10O31/c1-89(2,3)130-79(110)39-36-72(84(115)134-93(13,14)15)101-86(117)99-69(82(113)132-91(7,8)9)33-25-27-43-95-76(107)65-126-61-59-124-57-55-122-53-51-120-49-45-97-74(105)41-47-104(78(109)38-35-71(81(112)128-63-67-29-21-19-22-30-67)103-88(119)129-64-68-31-23-20-24-32-68)48-42-75(106)98-46-50-121-52-54-123-56-58-125-60-62-127-66-77(108)96-44-28-26-34-70(83(114)133-92(10,11)12)100-87(118)102-73(85(116)135-94(16,17)18)37-40-80(111)131-90(4,5)6/h19-24,29-32,69-73H,25-28,33-66H2,1-18H3,(H,95,107)(H,96,108)(H,97,105)(H,98,106)(H,103,119)(H2,99,101,117)(H2,100,102,118)/t69-,70-,71-,72-,73-/m0/s1. The number of urea groups is 2. The summed E-state index contributed by atoms with van der Waals surface area (Å²) in [5.41, 5.74) is -3.71. The van der Waals surface area contributed by atoms with Crippen LogP contribution in [0.2, 0.25) is 0 Å². The van der Waals surface area contributed by atoms with Gasteiger partial charge in [0.15, 0.2) is 0 Å². The Morgan fingerprint density at radius 2 is 0.563 bits per heavy atom. The first-order valence-electron chi connectivity index (χ1n) is 46.1. The highest BCUT2D eigenvalue weighted by molar-refractivity contribution is 5.89. The molecule has 135 heavy (non-hydrogen) atoms. The molecule has 0 saturated carbocycles. The van der Waals surface area contributed by atoms with E-state index in [1.54, 1.807) is 185 Å². The van der Waals surface area contributed by atoms with Crippen molar-refractivity contribution in [2.75, 3.05) is 145 Å². The van der Waals surface area contributed by atoms with Crippen molar-refractivity contribution in [1.29, 1.82) is 0 Å². The lowest BCUT2D eigenvalue weighted by molar-refractivity contribution is -0.160. The highest BCUT2D eigenvalue weighted by Crippen LogP contribution is 2.20. The molecule has 10 amide bonds. The van der Waals surface area contributed by atoms with Crippen LogP contribution in [0.4, 0.5) is 14.4 Å². The molecule has 0 radical (unpaired) electrons. The quantitative estimate of drug-likeness (QED) is 0.0182. The van der Waals surface area contributed by atoms with Crippen molar-refractivity contribution in [2.24, 2.45) is 0 Å². The third-order valence-corrected chi connectivity index (χ3v) is 17.7. The third kappa shape index (κ3) is 67.4. The van der Waals surface area contributed by atoms with E-state index < -0.39 is 141 Å². The summed E-state index contributed by atoms with van der Waals surface area (Å²) in [5.74, 6) is -7.05. The second-order valence-electron chi connectivity index (χ2n) is 37.3. The molecule has 0 aliphatic heterocycles. The molecule has 0 spiro atoms. The minimum atomic E-state index is -1.32. The van der Waals surface area contributed by atoms with Crippen LogP contribution < -0.4 is 47.9 Å². The smallest absolute Gasteiger partial charge is 0.408 e. The highest BCUT2D eigenvalue weighted by Gasteiger charge is 2.35. The molecule has 2 aromatic carbocycles. The van der Waals surface area contributed by atoms with Gasteiger partial charge in [0.25, 0.3) is 0 Å². The van der Waals surface area contributed by atoms with E-state index in [4.69, 9.17) is 75.8 Å². The van der Waals surface area contributed by atoms with Gasteiger partial charge in [0, 0.05) is 71.4 Å². The number of carbonyl (C=O) groups is 15. The van der Waals surface area contributed by atoms with E-state index in [2.05, 4.69) is 47.9 Å². The number of carbonyl (C=O) groups excluding carboxylic acids is 15. The van der Waals surface area contributed by atoms with Gasteiger partial charge in [0.05, 0.1) is 92.5 Å². The first-order chi connectivity index (χ1) is 63.4. The number of nitrogens with one attached hydrogen (secondary N) is 9. The summed E-state index contributed by atoms with van der Waals surface area (Å²) in [6, 6.07) is 9.96. The number of alkyl carbamates (subject to hydrolysis) is 1. The number of benzene rings is 2. The molecule has 2 aromatic rings. The highest BCUT2D eigenvalue weighted by atomic mass is 16.6. The van der Waals surface area contributed by atoms with Crippen LogP contribution >= 0.6 is 0 Å². The molecule has 0 aromatic heterocycles. The molecular weight excluding hydrogens is 1770 g/mol. The van der Waals surface area contributed by atoms with Crippen molar-refractivity contribution in [3.63, 3.8) is 0 Å². The predicted octanol–water partition coefficient (Wildman–Crippen LogP) is 7.04. The van der Waals surface area contributed by atoms with Gasteiger partial charge in [-0.25, -0.2) is 38.4 Å². The van der Waals surface area contributed by atoms with Crippen molar-refractivity contribution in [3.05, 3.63) is 71.8 Å². The Morgan fingerprint density at radius 3 is 0.889 bits per heavy atom. The molecule has 9 N–H and O–H groups in total. The van der Waals surface area contributed by atoms with Crippen LogP contribution in [-0.2, 0) is 147 Å². The summed E-state index contributed by atoms with van der Waals surface area (Å²) in [6.45, 7) is 32.6. The largest absolute Gasteiger partial charge is 0.460 e. The van der Waals surface area contributed by atoms with Gasteiger partial charge in [-0.1, -0.05) is 60.7 Å². The van der Waals surface area contributed by atoms with Crippen molar-refractivity contribution < 1.29 is 148 Å². The van der Waals surface area contributed by atoms with E-state index in [9.17, 15) is 71.9 Å². The fraction of sp³-hybridized carbons (Fsp3) is 0.713. The number of hydrogen-bond acceptors (Lipinski definition) is 31. The minimum absolute atomic E-state index is 0.0970. The average molecular weight is 1920 g/mol. The van der Waals surface area contributed by atoms with E-state index in [-0.39, 0.29) is 234 Å². The zero-order valence-electron chi connectivity index (χ0n) is 82.6. The Balaban J connectivity index is 1.80. The molecule has 41 nitrogen and oxygen atoms in total. The second-order valence-corrected chi connectivity index (χ2v) is 37.3. The Kier molecular flexibility index (Phi) is 59.1. The Bertz CT molecular complexity index is 3680. The molecule has 2 rings (SSSR count). The summed E-state index contributed by atoms with van der Waals surface area (Å²) < 4.78 is 88.2. The van der Waals surface area contributed by atoms with Crippen molar-refractivity contribution in [2.45, 2.75) is 292 Å². The van der Waals surface area contributed by atoms with E-state index >= 15 is 0 Å². The summed E-state index contributed by atoms with van der Waals surface area (Å²) in [6.07, 6.45) is -0.556. The zero-order chi connectivity index (χ0) is 101. The van der Waals surface area contributed by atoms with Crippen LogP contribution in [0.5, 0.6) is 0 Å². The van der Waals surface area contributed by atoms with Gasteiger partial charge in [-0.05, 0) is 194 Å². The number of esters is 7. The van der Waals surface area contributed by atoms with Crippen LogP contribution in [0.15, 0.2) is 60.7 Å². The fourth-order valence-electron chi connectivity index (χ4n) is 11.6. The van der Waals surface area contributed by atoms with E-state index in [1.807, 2.05) is 0 Å². The number of amides is 10. The predicted molar refractivity (Wildman–Crippen MR) is 493 cm³/mol. The van der Waals surface area contributed by atoms with Crippen molar-refractivity contribution in [1.82, 2.24) is 52.8 Å². The van der Waals surface area contributed by atoms with Crippen molar-refractivity contribution >= 4 is 89.5 Å². The van der Waals surface area contributed by atoms with Gasteiger partial charge in [-0.15, -0.1) is 0 Å². The molecule has 5 atom stereocenters. The summed E-state index contributed by atoms with van der Waals surface area (Å²) in [4.78, 5) is 198. The topological polar surface area (TPSA) is 515 Å². The second kappa shape index (κ2) is 66.1. The lowest BCUT2D eigenvalue weighted by Gasteiger charge is -2.27. The van der Waals surface area contributed by atoms with Gasteiger partial charge in [0.1, 0.15) is 90.2 Å². The Morgan fingerprint density at radius 1 is 0.281 bits per heavy atom. The van der Waals surface area contributed by atoms with E-state index in [0.29, 0.717) is 36.8 Å². The average Bonchev–Trinajstić information content (AvgIpc) is 0.874. The molecule has 766 valence electrons. The SMILES string of the molecule is CC(C)(C)OC(=O)CC[C@H](NC(=O)N[C@@H](CCCCNC(=O)COCCOCCOCCOCCNC(=O)CCN(CCC(=O)NCCOCCOCCOCCOCC(=O)NCCCC[C@H](NC(=O)N[C@@H](CCC(=O)OC(C)(C)C)C(=O)OC(C)(C)C)C(=O)OC(C)(C)C)C(=O)CC[C@H](NC(=O)OCc1ccccc1)C(=O)OCc1ccccc1)C(=O)OC(C)(C)C)C(=O)OC(C)(C)C. The van der Waals surface area contributed by atoms with Gasteiger partial charge in [-0.3, -0.25) is 33.6 Å². The van der Waals surface area contributed by atoms with Gasteiger partial charge < -0.3 is 129 Å². The molecular formula is C94H154N10O31. The number of ether oxygens (including phenoxy) is 16. The lowest BCUT2D eigenvalue weighted by atomic mass is 10.1. The summed E-state index contributed by atoms with van der Waals surface area (Å²) in [5, 5.41) is 23.8. The first kappa shape index (κ1) is 121. The normalized spacial score (nSPS) is 12.8. The maximum Gasteiger partial charge on any atom is 0.408 e. The van der Waals surface area contributed by atoms with Crippen LogP contribution in [0.1, 0.15) is 226 Å². The van der Waals surface area contributed by atoms with Crippen molar-refractivity contribution in [3.8, 4) is 0 Å². The van der Waals surface area contributed by atoms with E-state index in [0.717, 1.165) is 0 Å². The maximum atomic E-state index is 14.1. The Labute approximate surface area is 794 Å². The number of unbranched alkanes of at least 4 members (excludes halogenated alkanes) is 2. The van der Waals surface area contributed by atoms with Gasteiger partial charge in [-0.2, -0.15) is 0 Å². The molecule has 0 fully saturated rings. The molecule has 0 aliphatic carbocycles. The molecule has 0 bridgehead atoms. The summed E-state index contributed by atoms with van der Waals surface area (Å²) in [7, 11) is 0. The fourth-order valence-corrected chi connectivity index (χ4v) is 11.6. The molecule has 0 saturated heterocycles. The first-order valence-corrected chi connectivity index (χ1v) is 46.1. The molecule has 0 aliphatic rings. The maximum absolute atomic E-state index is 14.1. The molecule has 0 heterocycles. The monoisotopic (exact) mass is 1920 g/mol. The minimum Gasteiger partial charge on any atom is -0.460 e. The van der Waals surface area contributed by atoms with Crippen LogP contribution in [0.25, 0.3) is 0 Å². The number of rotatable bonds is 67.